The van der Waals surface area contributed by atoms with Gasteiger partial charge in [-0.2, -0.15) is 0 Å². The molecular weight excluding hydrogens is 410 g/mol. The third-order valence-electron chi connectivity index (χ3n) is 5.76. The van der Waals surface area contributed by atoms with E-state index in [4.69, 9.17) is 4.74 Å². The van der Waals surface area contributed by atoms with E-state index in [2.05, 4.69) is 0 Å². The van der Waals surface area contributed by atoms with Crippen molar-refractivity contribution in [3.8, 4) is 0 Å². The van der Waals surface area contributed by atoms with Crippen LogP contribution in [-0.2, 0) is 14.3 Å². The van der Waals surface area contributed by atoms with E-state index in [1.807, 2.05) is 41.3 Å². The van der Waals surface area contributed by atoms with Crippen molar-refractivity contribution < 1.29 is 19.2 Å². The van der Waals surface area contributed by atoms with Gasteiger partial charge in [-0.15, -0.1) is 0 Å². The number of fused-ring (bicyclic) bond motifs is 1. The molecule has 160 valence electrons. The SMILES string of the molecule is O=C1C(c2ccc([N+](=O)[O-])cc2)=C(N2CCOCC2)C(=O)N1c1cccc2ccccc12. The average molecular weight is 429 g/mol. The summed E-state index contributed by atoms with van der Waals surface area (Å²) in [5.74, 6) is -0.844. The van der Waals surface area contributed by atoms with E-state index in [0.29, 0.717) is 43.3 Å². The van der Waals surface area contributed by atoms with Crippen LogP contribution >= 0.6 is 0 Å². The van der Waals surface area contributed by atoms with Crippen molar-refractivity contribution in [1.29, 1.82) is 0 Å². The summed E-state index contributed by atoms with van der Waals surface area (Å²) in [4.78, 5) is 41.0. The Balaban J connectivity index is 1.65. The highest BCUT2D eigenvalue weighted by Gasteiger charge is 2.43. The summed E-state index contributed by atoms with van der Waals surface area (Å²) in [5, 5.41) is 12.8. The van der Waals surface area contributed by atoms with Crippen molar-refractivity contribution >= 4 is 39.5 Å². The summed E-state index contributed by atoms with van der Waals surface area (Å²) in [6.45, 7) is 1.86. The molecule has 0 aliphatic carbocycles. The van der Waals surface area contributed by atoms with E-state index in [1.54, 1.807) is 6.07 Å². The number of nitro benzene ring substituents is 1. The van der Waals surface area contributed by atoms with Gasteiger partial charge in [0.2, 0.25) is 0 Å². The minimum Gasteiger partial charge on any atom is -0.378 e. The standard InChI is InChI=1S/C24H19N3O5/c28-23-21(17-8-10-18(11-9-17)27(30)31)22(25-12-14-32-15-13-25)24(29)26(23)20-7-3-5-16-4-1-2-6-19(16)20/h1-11H,12-15H2. The van der Waals surface area contributed by atoms with E-state index < -0.39 is 16.7 Å². The predicted molar refractivity (Wildman–Crippen MR) is 119 cm³/mol. The van der Waals surface area contributed by atoms with Gasteiger partial charge in [-0.3, -0.25) is 19.7 Å². The molecule has 1 saturated heterocycles. The Morgan fingerprint density at radius 2 is 1.53 bits per heavy atom. The van der Waals surface area contributed by atoms with E-state index >= 15 is 0 Å². The van der Waals surface area contributed by atoms with E-state index in [-0.39, 0.29) is 11.3 Å². The molecule has 1 fully saturated rings. The fraction of sp³-hybridized carbons (Fsp3) is 0.167. The summed E-state index contributed by atoms with van der Waals surface area (Å²) in [6, 6.07) is 18.8. The smallest absolute Gasteiger partial charge is 0.282 e. The zero-order chi connectivity index (χ0) is 22.2. The lowest BCUT2D eigenvalue weighted by Crippen LogP contribution is -2.40. The Labute approximate surface area is 183 Å². The number of amides is 2. The van der Waals surface area contributed by atoms with Crippen LogP contribution in [0.2, 0.25) is 0 Å². The maximum Gasteiger partial charge on any atom is 0.282 e. The average Bonchev–Trinajstić information content (AvgIpc) is 3.09. The van der Waals surface area contributed by atoms with Gasteiger partial charge in [0.05, 0.1) is 29.4 Å². The highest BCUT2D eigenvalue weighted by Crippen LogP contribution is 2.38. The normalized spacial score (nSPS) is 16.9. The van der Waals surface area contributed by atoms with Crippen molar-refractivity contribution in [2.75, 3.05) is 31.2 Å². The van der Waals surface area contributed by atoms with Crippen LogP contribution in [0.5, 0.6) is 0 Å². The molecule has 0 spiro atoms. The van der Waals surface area contributed by atoms with Crippen LogP contribution in [-0.4, -0.2) is 47.9 Å². The van der Waals surface area contributed by atoms with Crippen molar-refractivity contribution in [1.82, 2.24) is 4.90 Å². The number of anilines is 1. The van der Waals surface area contributed by atoms with Crippen LogP contribution < -0.4 is 4.90 Å². The molecule has 2 amide bonds. The van der Waals surface area contributed by atoms with Crippen LogP contribution in [0.25, 0.3) is 16.3 Å². The summed E-state index contributed by atoms with van der Waals surface area (Å²) in [5.41, 5.74) is 1.46. The molecule has 0 unspecified atom stereocenters. The van der Waals surface area contributed by atoms with Gasteiger partial charge in [0.1, 0.15) is 5.70 Å². The van der Waals surface area contributed by atoms with Gasteiger partial charge in [-0.05, 0) is 29.1 Å². The molecule has 8 nitrogen and oxygen atoms in total. The maximum absolute atomic E-state index is 13.7. The number of imide groups is 1. The third-order valence-corrected chi connectivity index (χ3v) is 5.76. The van der Waals surface area contributed by atoms with Crippen molar-refractivity contribution in [2.24, 2.45) is 0 Å². The lowest BCUT2D eigenvalue weighted by Gasteiger charge is -2.29. The lowest BCUT2D eigenvalue weighted by atomic mass is 10.0. The number of nitrogens with zero attached hydrogens (tertiary/aromatic N) is 3. The number of benzene rings is 3. The van der Waals surface area contributed by atoms with Crippen LogP contribution in [0.4, 0.5) is 11.4 Å². The number of hydrogen-bond donors (Lipinski definition) is 0. The van der Waals surface area contributed by atoms with Gasteiger partial charge in [0.15, 0.2) is 0 Å². The molecule has 0 radical (unpaired) electrons. The van der Waals surface area contributed by atoms with Crippen LogP contribution in [0, 0.1) is 10.1 Å². The molecule has 2 heterocycles. The predicted octanol–water partition coefficient (Wildman–Crippen LogP) is 3.36. The monoisotopic (exact) mass is 429 g/mol. The van der Waals surface area contributed by atoms with E-state index in [9.17, 15) is 19.7 Å². The summed E-state index contributed by atoms with van der Waals surface area (Å²) < 4.78 is 5.42. The van der Waals surface area contributed by atoms with Gasteiger partial charge in [0.25, 0.3) is 17.5 Å². The molecule has 0 saturated carbocycles. The van der Waals surface area contributed by atoms with Gasteiger partial charge < -0.3 is 9.64 Å². The topological polar surface area (TPSA) is 93.0 Å². The summed E-state index contributed by atoms with van der Waals surface area (Å²) in [7, 11) is 0. The van der Waals surface area contributed by atoms with Crippen LogP contribution in [0.15, 0.2) is 72.4 Å². The zero-order valence-electron chi connectivity index (χ0n) is 17.1. The second-order valence-electron chi connectivity index (χ2n) is 7.57. The van der Waals surface area contributed by atoms with Crippen LogP contribution in [0.1, 0.15) is 5.56 Å². The molecule has 3 aromatic rings. The molecule has 0 N–H and O–H groups in total. The lowest BCUT2D eigenvalue weighted by molar-refractivity contribution is -0.384. The molecule has 0 bridgehead atoms. The number of carbonyl (C=O) groups is 2. The number of rotatable bonds is 4. The van der Waals surface area contributed by atoms with Crippen molar-refractivity contribution in [2.45, 2.75) is 0 Å². The van der Waals surface area contributed by atoms with Crippen molar-refractivity contribution in [3.63, 3.8) is 0 Å². The first-order valence-electron chi connectivity index (χ1n) is 10.2. The van der Waals surface area contributed by atoms with Crippen LogP contribution in [0.3, 0.4) is 0 Å². The van der Waals surface area contributed by atoms with E-state index in [1.165, 1.54) is 29.2 Å². The fourth-order valence-corrected chi connectivity index (χ4v) is 4.23. The Bertz CT molecular complexity index is 1270. The van der Waals surface area contributed by atoms with Gasteiger partial charge in [-0.25, -0.2) is 4.90 Å². The number of carbonyl (C=O) groups excluding carboxylic acids is 2. The molecule has 3 aromatic carbocycles. The zero-order valence-corrected chi connectivity index (χ0v) is 17.1. The van der Waals surface area contributed by atoms with Gasteiger partial charge >= 0.3 is 0 Å². The largest absolute Gasteiger partial charge is 0.378 e. The second kappa shape index (κ2) is 7.90. The highest BCUT2D eigenvalue weighted by atomic mass is 16.6. The quantitative estimate of drug-likeness (QED) is 0.359. The Kier molecular flexibility index (Phi) is 4.91. The molecular formula is C24H19N3O5. The molecule has 8 heteroatoms. The van der Waals surface area contributed by atoms with Gasteiger partial charge in [0, 0.05) is 30.6 Å². The number of ether oxygens (including phenoxy) is 1. The first kappa shape index (κ1) is 19.9. The first-order valence-corrected chi connectivity index (χ1v) is 10.2. The molecule has 2 aliphatic rings. The Morgan fingerprint density at radius 1 is 0.844 bits per heavy atom. The van der Waals surface area contributed by atoms with E-state index in [0.717, 1.165) is 10.8 Å². The molecule has 32 heavy (non-hydrogen) atoms. The van der Waals surface area contributed by atoms with Gasteiger partial charge in [-0.1, -0.05) is 36.4 Å². The number of morpholine rings is 1. The number of nitro groups is 1. The summed E-state index contributed by atoms with van der Waals surface area (Å²) in [6.07, 6.45) is 0. The fourth-order valence-electron chi connectivity index (χ4n) is 4.23. The minimum atomic E-state index is -0.495. The molecule has 0 atom stereocenters. The first-order chi connectivity index (χ1) is 15.6. The second-order valence-corrected chi connectivity index (χ2v) is 7.57. The molecule has 5 rings (SSSR count). The maximum atomic E-state index is 13.7. The number of non-ortho nitro benzene ring substituents is 1. The molecule has 0 aromatic heterocycles. The highest BCUT2D eigenvalue weighted by molar-refractivity contribution is 6.46. The summed E-state index contributed by atoms with van der Waals surface area (Å²) >= 11 is 0. The third kappa shape index (κ3) is 3.21. The van der Waals surface area contributed by atoms with Crippen molar-refractivity contribution in [3.05, 3.63) is 88.1 Å². The number of hydrogen-bond acceptors (Lipinski definition) is 6. The molecule has 2 aliphatic heterocycles. The minimum absolute atomic E-state index is 0.0787. The Hall–Kier alpha value is -4.04. The Morgan fingerprint density at radius 3 is 2.25 bits per heavy atom.